The number of nitro groups is 1. The number of anilines is 1. The summed E-state index contributed by atoms with van der Waals surface area (Å²) in [6.07, 6.45) is 1.64. The number of sulfone groups is 1. The summed E-state index contributed by atoms with van der Waals surface area (Å²) in [7, 11) is -3.69. The lowest BCUT2D eigenvalue weighted by Gasteiger charge is -2.31. The molecular formula is C22H22ClN3O4S2. The van der Waals surface area contributed by atoms with Crippen molar-refractivity contribution in [1.29, 1.82) is 0 Å². The number of halogens is 1. The maximum atomic E-state index is 13.1. The number of nitrogens with zero attached hydrogens (tertiary/aromatic N) is 3. The summed E-state index contributed by atoms with van der Waals surface area (Å²) in [6.45, 7) is 3.22. The minimum Gasteiger partial charge on any atom is -0.348 e. The summed E-state index contributed by atoms with van der Waals surface area (Å²) in [5, 5.41) is 13.4. The van der Waals surface area contributed by atoms with E-state index in [1.54, 1.807) is 11.3 Å². The molecule has 0 bridgehead atoms. The molecule has 0 amide bonds. The van der Waals surface area contributed by atoms with Crippen molar-refractivity contribution in [3.8, 4) is 0 Å². The highest BCUT2D eigenvalue weighted by Crippen LogP contribution is 2.33. The normalized spacial score (nSPS) is 15.1. The molecule has 2 aromatic carbocycles. The Bertz CT molecular complexity index is 1250. The van der Waals surface area contributed by atoms with E-state index in [4.69, 9.17) is 16.6 Å². The molecule has 0 spiro atoms. The maximum Gasteiger partial charge on any atom is 0.289 e. The minimum atomic E-state index is -3.69. The van der Waals surface area contributed by atoms with Gasteiger partial charge in [0, 0.05) is 31.0 Å². The van der Waals surface area contributed by atoms with Crippen molar-refractivity contribution in [1.82, 2.24) is 4.98 Å². The van der Waals surface area contributed by atoms with Crippen LogP contribution in [0.2, 0.25) is 5.02 Å². The van der Waals surface area contributed by atoms with Gasteiger partial charge < -0.3 is 4.90 Å². The van der Waals surface area contributed by atoms with E-state index in [9.17, 15) is 18.5 Å². The molecule has 0 unspecified atom stereocenters. The largest absolute Gasteiger partial charge is 0.348 e. The van der Waals surface area contributed by atoms with E-state index in [-0.39, 0.29) is 9.92 Å². The topological polar surface area (TPSA) is 93.4 Å². The highest BCUT2D eigenvalue weighted by atomic mass is 35.5. The number of hydrogen-bond donors (Lipinski definition) is 0. The van der Waals surface area contributed by atoms with Crippen molar-refractivity contribution < 1.29 is 13.3 Å². The third kappa shape index (κ3) is 4.65. The Morgan fingerprint density at radius 1 is 1.22 bits per heavy atom. The predicted molar refractivity (Wildman–Crippen MR) is 127 cm³/mol. The monoisotopic (exact) mass is 491 g/mol. The number of piperidine rings is 1. The zero-order valence-electron chi connectivity index (χ0n) is 17.4. The summed E-state index contributed by atoms with van der Waals surface area (Å²) >= 11 is 7.40. The molecule has 168 valence electrons. The number of thiazole rings is 1. The molecule has 1 fully saturated rings. The zero-order chi connectivity index (χ0) is 22.9. The van der Waals surface area contributed by atoms with Crippen LogP contribution in [0.3, 0.4) is 0 Å². The van der Waals surface area contributed by atoms with Gasteiger partial charge in [0.15, 0.2) is 15.0 Å². The summed E-state index contributed by atoms with van der Waals surface area (Å²) in [4.78, 5) is 17.3. The number of nitro benzene ring substituents is 1. The predicted octanol–water partition coefficient (Wildman–Crippen LogP) is 5.05. The lowest BCUT2D eigenvalue weighted by atomic mass is 10.1. The van der Waals surface area contributed by atoms with Crippen LogP contribution in [0, 0.1) is 17.0 Å². The van der Waals surface area contributed by atoms with Gasteiger partial charge in [-0.05, 0) is 43.0 Å². The van der Waals surface area contributed by atoms with Crippen molar-refractivity contribution in [2.75, 3.05) is 18.0 Å². The highest BCUT2D eigenvalue weighted by molar-refractivity contribution is 7.92. The van der Waals surface area contributed by atoms with Gasteiger partial charge in [0.1, 0.15) is 5.02 Å². The van der Waals surface area contributed by atoms with Gasteiger partial charge in [-0.15, -0.1) is 11.3 Å². The second kappa shape index (κ2) is 9.17. The Kier molecular flexibility index (Phi) is 6.50. The van der Waals surface area contributed by atoms with Gasteiger partial charge in [-0.25, -0.2) is 13.4 Å². The molecule has 2 heterocycles. The Balaban J connectivity index is 1.43. The molecule has 0 N–H and O–H groups in total. The van der Waals surface area contributed by atoms with Crippen molar-refractivity contribution in [2.45, 2.75) is 36.3 Å². The molecule has 10 heteroatoms. The fourth-order valence-corrected chi connectivity index (χ4v) is 6.70. The van der Waals surface area contributed by atoms with Crippen LogP contribution in [-0.2, 0) is 16.3 Å². The third-order valence-electron chi connectivity index (χ3n) is 5.77. The van der Waals surface area contributed by atoms with Gasteiger partial charge in [-0.1, -0.05) is 35.9 Å². The van der Waals surface area contributed by atoms with Crippen molar-refractivity contribution >= 4 is 43.6 Å². The zero-order valence-corrected chi connectivity index (χ0v) is 19.8. The van der Waals surface area contributed by atoms with E-state index >= 15 is 0 Å². The van der Waals surface area contributed by atoms with Crippen molar-refractivity contribution in [3.05, 3.63) is 79.8 Å². The molecule has 1 aromatic heterocycles. The molecule has 1 aliphatic heterocycles. The van der Waals surface area contributed by atoms with Crippen LogP contribution < -0.4 is 4.90 Å². The lowest BCUT2D eigenvalue weighted by Crippen LogP contribution is -2.39. The van der Waals surface area contributed by atoms with E-state index in [1.807, 2.05) is 12.1 Å². The maximum absolute atomic E-state index is 13.1. The quantitative estimate of drug-likeness (QED) is 0.354. The minimum absolute atomic E-state index is 0.0539. The van der Waals surface area contributed by atoms with Gasteiger partial charge in [-0.2, -0.15) is 0 Å². The second-order valence-corrected chi connectivity index (χ2v) is 11.3. The molecule has 0 radical (unpaired) electrons. The first-order valence-corrected chi connectivity index (χ1v) is 13.0. The summed E-state index contributed by atoms with van der Waals surface area (Å²) in [6, 6.07) is 11.9. The number of aromatic nitrogens is 1. The molecule has 3 aromatic rings. The number of hydrogen-bond acceptors (Lipinski definition) is 7. The van der Waals surface area contributed by atoms with Gasteiger partial charge in [-0.3, -0.25) is 10.1 Å². The SMILES string of the molecule is Cc1ccccc1Cc1csc(N2CCC(S(=O)(=O)c3ccc(Cl)c([N+](=O)[O-])c3)CC2)n1. The lowest BCUT2D eigenvalue weighted by molar-refractivity contribution is -0.384. The summed E-state index contributed by atoms with van der Waals surface area (Å²) in [5.41, 5.74) is 3.08. The molecule has 0 saturated carbocycles. The standard InChI is InChI=1S/C22H22ClN3O4S2/c1-15-4-2-3-5-16(15)12-17-14-31-22(24-17)25-10-8-18(9-11-25)32(29,30)19-6-7-20(23)21(13-19)26(27)28/h2-7,13-14,18H,8-12H2,1H3. The Labute approximate surface area is 195 Å². The van der Waals surface area contributed by atoms with Gasteiger partial charge in [0.25, 0.3) is 5.69 Å². The van der Waals surface area contributed by atoms with Crippen LogP contribution in [0.4, 0.5) is 10.8 Å². The molecule has 1 aliphatic rings. The Morgan fingerprint density at radius 3 is 2.62 bits per heavy atom. The smallest absolute Gasteiger partial charge is 0.289 e. The van der Waals surface area contributed by atoms with Crippen LogP contribution in [0.5, 0.6) is 0 Å². The first-order valence-electron chi connectivity index (χ1n) is 10.2. The highest BCUT2D eigenvalue weighted by Gasteiger charge is 2.33. The molecule has 7 nitrogen and oxygen atoms in total. The Hall–Kier alpha value is -2.49. The Morgan fingerprint density at radius 2 is 1.94 bits per heavy atom. The van der Waals surface area contributed by atoms with Crippen molar-refractivity contribution in [3.63, 3.8) is 0 Å². The van der Waals surface area contributed by atoms with E-state index in [2.05, 4.69) is 29.3 Å². The van der Waals surface area contributed by atoms with Gasteiger partial charge in [0.05, 0.1) is 20.8 Å². The number of aryl methyl sites for hydroxylation is 1. The van der Waals surface area contributed by atoms with E-state index in [0.29, 0.717) is 25.9 Å². The fourth-order valence-electron chi connectivity index (χ4n) is 3.89. The molecule has 32 heavy (non-hydrogen) atoms. The van der Waals surface area contributed by atoms with Crippen LogP contribution in [-0.4, -0.2) is 36.7 Å². The fraction of sp³-hybridized carbons (Fsp3) is 0.318. The van der Waals surface area contributed by atoms with Gasteiger partial charge in [0.2, 0.25) is 0 Å². The summed E-state index contributed by atoms with van der Waals surface area (Å²) in [5.74, 6) is 0. The van der Waals surface area contributed by atoms with E-state index in [0.717, 1.165) is 23.3 Å². The summed E-state index contributed by atoms with van der Waals surface area (Å²) < 4.78 is 26.1. The van der Waals surface area contributed by atoms with Crippen LogP contribution >= 0.6 is 22.9 Å². The van der Waals surface area contributed by atoms with E-state index in [1.165, 1.54) is 23.3 Å². The number of benzene rings is 2. The first-order chi connectivity index (χ1) is 15.3. The van der Waals surface area contributed by atoms with Crippen LogP contribution in [0.25, 0.3) is 0 Å². The van der Waals surface area contributed by atoms with Gasteiger partial charge >= 0.3 is 0 Å². The molecule has 0 atom stereocenters. The average Bonchev–Trinajstić information content (AvgIpc) is 3.24. The molecular weight excluding hydrogens is 470 g/mol. The molecule has 0 aliphatic carbocycles. The van der Waals surface area contributed by atoms with E-state index < -0.39 is 25.7 Å². The molecule has 4 rings (SSSR count). The molecule has 1 saturated heterocycles. The van der Waals surface area contributed by atoms with Crippen LogP contribution in [0.15, 0.2) is 52.7 Å². The van der Waals surface area contributed by atoms with Crippen molar-refractivity contribution in [2.24, 2.45) is 0 Å². The average molecular weight is 492 g/mol. The third-order valence-corrected chi connectivity index (χ3v) is 9.30. The number of rotatable bonds is 6. The second-order valence-electron chi connectivity index (χ2n) is 7.83. The van der Waals surface area contributed by atoms with Crippen LogP contribution in [0.1, 0.15) is 29.7 Å². The first kappa shape index (κ1) is 22.7.